The summed E-state index contributed by atoms with van der Waals surface area (Å²) in [7, 11) is 0. The van der Waals surface area contributed by atoms with Crippen molar-refractivity contribution in [3.63, 3.8) is 0 Å². The van der Waals surface area contributed by atoms with Crippen LogP contribution in [0.4, 0.5) is 10.5 Å². The molecule has 1 aliphatic heterocycles. The molecule has 0 unspecified atom stereocenters. The molecule has 0 bridgehead atoms. The molecule has 3 N–H and O–H groups in total. The summed E-state index contributed by atoms with van der Waals surface area (Å²) in [6.07, 6.45) is -0.972. The lowest BCUT2D eigenvalue weighted by Gasteiger charge is -2.37. The van der Waals surface area contributed by atoms with E-state index in [4.69, 9.17) is 5.11 Å². The van der Waals surface area contributed by atoms with Gasteiger partial charge in [0.15, 0.2) is 0 Å². The number of anilines is 1. The Kier molecular flexibility index (Phi) is 2.73. The Morgan fingerprint density at radius 3 is 2.75 bits per heavy atom. The molecule has 0 spiro atoms. The third-order valence-electron chi connectivity index (χ3n) is 3.27. The summed E-state index contributed by atoms with van der Waals surface area (Å²) in [6.45, 7) is 4.12. The summed E-state index contributed by atoms with van der Waals surface area (Å²) in [5.74, 6) is 0.228. The number of amides is 1. The zero-order valence-electron chi connectivity index (χ0n) is 9.40. The molecular weight excluding hydrogens is 204 g/mol. The van der Waals surface area contributed by atoms with Gasteiger partial charge in [0.25, 0.3) is 0 Å². The van der Waals surface area contributed by atoms with Gasteiger partial charge in [-0.3, -0.25) is 0 Å². The monoisotopic (exact) mass is 220 g/mol. The van der Waals surface area contributed by atoms with Crippen molar-refractivity contribution in [2.24, 2.45) is 5.92 Å². The highest BCUT2D eigenvalue weighted by Gasteiger charge is 2.31. The molecule has 3 atom stereocenters. The third kappa shape index (κ3) is 1.83. The van der Waals surface area contributed by atoms with Crippen molar-refractivity contribution in [3.05, 3.63) is 29.8 Å². The Morgan fingerprint density at radius 1 is 1.38 bits per heavy atom. The van der Waals surface area contributed by atoms with Crippen LogP contribution in [-0.2, 0) is 0 Å². The van der Waals surface area contributed by atoms with Crippen LogP contribution in [-0.4, -0.2) is 17.2 Å². The van der Waals surface area contributed by atoms with Gasteiger partial charge in [-0.05, 0) is 18.6 Å². The van der Waals surface area contributed by atoms with Crippen LogP contribution in [0.25, 0.3) is 0 Å². The highest BCUT2D eigenvalue weighted by atomic mass is 16.4. The first-order chi connectivity index (χ1) is 7.59. The lowest BCUT2D eigenvalue weighted by Crippen LogP contribution is -2.42. The third-order valence-corrected chi connectivity index (χ3v) is 3.27. The van der Waals surface area contributed by atoms with E-state index in [1.54, 1.807) is 0 Å². The maximum atomic E-state index is 10.8. The molecule has 2 rings (SSSR count). The lowest BCUT2D eigenvalue weighted by atomic mass is 9.84. The minimum Gasteiger partial charge on any atom is -0.465 e. The Labute approximate surface area is 94.7 Å². The van der Waals surface area contributed by atoms with Crippen molar-refractivity contribution < 1.29 is 9.90 Å². The van der Waals surface area contributed by atoms with E-state index in [2.05, 4.69) is 17.6 Å². The second-order valence-corrected chi connectivity index (χ2v) is 4.31. The van der Waals surface area contributed by atoms with Crippen LogP contribution in [0.3, 0.4) is 0 Å². The van der Waals surface area contributed by atoms with Crippen LogP contribution >= 0.6 is 0 Å². The Hall–Kier alpha value is -1.71. The number of carbonyl (C=O) groups is 1. The molecule has 0 saturated heterocycles. The SMILES string of the molecule is C[C@@H]1[C@H](C)Nc2ccccc2[C@@H]1NC(=O)O. The van der Waals surface area contributed by atoms with Crippen molar-refractivity contribution in [2.45, 2.75) is 25.9 Å². The van der Waals surface area contributed by atoms with Gasteiger partial charge in [-0.2, -0.15) is 0 Å². The first kappa shape index (κ1) is 10.8. The van der Waals surface area contributed by atoms with Crippen molar-refractivity contribution in [1.82, 2.24) is 5.32 Å². The molecule has 0 aromatic heterocycles. The van der Waals surface area contributed by atoms with Gasteiger partial charge in [0.1, 0.15) is 0 Å². The molecule has 0 aliphatic carbocycles. The second-order valence-electron chi connectivity index (χ2n) is 4.31. The van der Waals surface area contributed by atoms with E-state index in [0.29, 0.717) is 0 Å². The molecule has 1 aromatic rings. The largest absolute Gasteiger partial charge is 0.465 e. The molecule has 1 heterocycles. The smallest absolute Gasteiger partial charge is 0.405 e. The van der Waals surface area contributed by atoms with Gasteiger partial charge in [0.2, 0.25) is 0 Å². The fourth-order valence-electron chi connectivity index (χ4n) is 2.19. The Morgan fingerprint density at radius 2 is 2.06 bits per heavy atom. The molecule has 1 aliphatic rings. The molecule has 4 nitrogen and oxygen atoms in total. The van der Waals surface area contributed by atoms with Crippen LogP contribution < -0.4 is 10.6 Å². The van der Waals surface area contributed by atoms with E-state index < -0.39 is 6.09 Å². The number of para-hydroxylation sites is 1. The summed E-state index contributed by atoms with van der Waals surface area (Å²) in [5.41, 5.74) is 2.04. The van der Waals surface area contributed by atoms with Crippen molar-refractivity contribution in [1.29, 1.82) is 0 Å². The Balaban J connectivity index is 2.37. The van der Waals surface area contributed by atoms with Gasteiger partial charge < -0.3 is 15.7 Å². The predicted molar refractivity (Wildman–Crippen MR) is 62.6 cm³/mol. The van der Waals surface area contributed by atoms with Crippen molar-refractivity contribution in [2.75, 3.05) is 5.32 Å². The number of carboxylic acid groups (broad SMARTS) is 1. The topological polar surface area (TPSA) is 61.4 Å². The van der Waals surface area contributed by atoms with Gasteiger partial charge in [-0.15, -0.1) is 0 Å². The zero-order chi connectivity index (χ0) is 11.7. The maximum absolute atomic E-state index is 10.8. The van der Waals surface area contributed by atoms with E-state index in [1.807, 2.05) is 31.2 Å². The van der Waals surface area contributed by atoms with Crippen LogP contribution in [0.15, 0.2) is 24.3 Å². The van der Waals surface area contributed by atoms with E-state index in [-0.39, 0.29) is 18.0 Å². The number of rotatable bonds is 1. The maximum Gasteiger partial charge on any atom is 0.405 e. The molecule has 0 radical (unpaired) electrons. The quantitative estimate of drug-likeness (QED) is 0.681. The van der Waals surface area contributed by atoms with Gasteiger partial charge in [0, 0.05) is 17.6 Å². The molecule has 0 fully saturated rings. The summed E-state index contributed by atoms with van der Waals surface area (Å²) in [5, 5.41) is 14.8. The average molecular weight is 220 g/mol. The highest BCUT2D eigenvalue weighted by Crippen LogP contribution is 2.36. The van der Waals surface area contributed by atoms with Crippen LogP contribution in [0.1, 0.15) is 25.5 Å². The second kappa shape index (κ2) is 4.04. The van der Waals surface area contributed by atoms with Crippen LogP contribution in [0.5, 0.6) is 0 Å². The molecule has 1 aromatic carbocycles. The van der Waals surface area contributed by atoms with E-state index in [0.717, 1.165) is 11.3 Å². The number of benzene rings is 1. The number of fused-ring (bicyclic) bond motifs is 1. The fourth-order valence-corrected chi connectivity index (χ4v) is 2.19. The summed E-state index contributed by atoms with van der Waals surface area (Å²) < 4.78 is 0. The number of hydrogen-bond acceptors (Lipinski definition) is 2. The minimum atomic E-state index is -0.972. The van der Waals surface area contributed by atoms with E-state index in [9.17, 15) is 4.79 Å². The number of nitrogens with one attached hydrogen (secondary N) is 2. The zero-order valence-corrected chi connectivity index (χ0v) is 9.40. The first-order valence-electron chi connectivity index (χ1n) is 5.44. The van der Waals surface area contributed by atoms with Crippen LogP contribution in [0.2, 0.25) is 0 Å². The van der Waals surface area contributed by atoms with Gasteiger partial charge >= 0.3 is 6.09 Å². The standard InChI is InChI=1S/C12H16N2O2/c1-7-8(2)13-10-6-4-3-5-9(10)11(7)14-12(15)16/h3-8,11,13-14H,1-2H3,(H,15,16)/t7-,8+,11-/m1/s1. The normalized spacial score (nSPS) is 27.8. The highest BCUT2D eigenvalue weighted by molar-refractivity contribution is 5.67. The van der Waals surface area contributed by atoms with Crippen molar-refractivity contribution >= 4 is 11.8 Å². The number of hydrogen-bond donors (Lipinski definition) is 3. The predicted octanol–water partition coefficient (Wildman–Crippen LogP) is 2.45. The summed E-state index contributed by atoms with van der Waals surface area (Å²) >= 11 is 0. The molecule has 0 saturated carbocycles. The molecule has 86 valence electrons. The van der Waals surface area contributed by atoms with Gasteiger partial charge in [-0.25, -0.2) is 4.79 Å². The van der Waals surface area contributed by atoms with Gasteiger partial charge in [0.05, 0.1) is 6.04 Å². The van der Waals surface area contributed by atoms with E-state index >= 15 is 0 Å². The molecule has 16 heavy (non-hydrogen) atoms. The molecule has 4 heteroatoms. The first-order valence-corrected chi connectivity index (χ1v) is 5.44. The minimum absolute atomic E-state index is 0.134. The van der Waals surface area contributed by atoms with E-state index in [1.165, 1.54) is 0 Å². The van der Waals surface area contributed by atoms with Gasteiger partial charge in [-0.1, -0.05) is 25.1 Å². The lowest BCUT2D eigenvalue weighted by molar-refractivity contribution is 0.183. The Bertz CT molecular complexity index is 406. The molecular formula is C12H16N2O2. The van der Waals surface area contributed by atoms with Crippen LogP contribution in [0, 0.1) is 5.92 Å². The molecule has 1 amide bonds. The summed E-state index contributed by atoms with van der Waals surface area (Å²) in [6, 6.07) is 7.95. The van der Waals surface area contributed by atoms with Crippen molar-refractivity contribution in [3.8, 4) is 0 Å². The summed E-state index contributed by atoms with van der Waals surface area (Å²) in [4.78, 5) is 10.8. The fraction of sp³-hybridized carbons (Fsp3) is 0.417. The average Bonchev–Trinajstić information content (AvgIpc) is 2.24.